The molecule has 0 spiro atoms. The second-order valence-corrected chi connectivity index (χ2v) is 9.73. The highest BCUT2D eigenvalue weighted by Gasteiger charge is 2.42. The van der Waals surface area contributed by atoms with Crippen LogP contribution in [-0.4, -0.2) is 53.6 Å². The maximum atomic E-state index is 13.3. The van der Waals surface area contributed by atoms with Crippen LogP contribution < -0.4 is 9.62 Å². The number of carbonyl (C=O) groups is 1. The molecule has 1 aliphatic carbocycles. The van der Waals surface area contributed by atoms with Crippen molar-refractivity contribution in [1.82, 2.24) is 19.4 Å². The summed E-state index contributed by atoms with van der Waals surface area (Å²) in [4.78, 5) is 21.5. The first-order valence-corrected chi connectivity index (χ1v) is 11.0. The monoisotopic (exact) mass is 414 g/mol. The fourth-order valence-electron chi connectivity index (χ4n) is 3.74. The number of carbonyl (C=O) groups excluding carboxylic acids is 1. The second kappa shape index (κ2) is 6.14. The van der Waals surface area contributed by atoms with Crippen molar-refractivity contribution in [2.24, 2.45) is 12.0 Å². The topological polar surface area (TPSA) is 99.9 Å². The van der Waals surface area contributed by atoms with Crippen LogP contribution in [0.4, 0.5) is 5.69 Å². The van der Waals surface area contributed by atoms with E-state index in [-0.39, 0.29) is 22.9 Å². The number of rotatable bonds is 5. The van der Waals surface area contributed by atoms with E-state index >= 15 is 0 Å². The first-order chi connectivity index (χ1) is 13.8. The van der Waals surface area contributed by atoms with Gasteiger partial charge in [-0.15, -0.1) is 0 Å². The van der Waals surface area contributed by atoms with Crippen LogP contribution in [0.2, 0.25) is 0 Å². The highest BCUT2D eigenvalue weighted by molar-refractivity contribution is 7.89. The summed E-state index contributed by atoms with van der Waals surface area (Å²) >= 11 is 0. The van der Waals surface area contributed by atoms with Gasteiger partial charge < -0.3 is 4.90 Å². The summed E-state index contributed by atoms with van der Waals surface area (Å²) < 4.78 is 30.0. The lowest BCUT2D eigenvalue weighted by molar-refractivity contribution is 0.0832. The Morgan fingerprint density at radius 1 is 1.24 bits per heavy atom. The zero-order chi connectivity index (χ0) is 20.4. The fourth-order valence-corrected chi connectivity index (χ4v) is 5.24. The highest BCUT2D eigenvalue weighted by Crippen LogP contribution is 2.37. The third-order valence-corrected chi connectivity index (χ3v) is 7.21. The number of aryl methyl sites for hydroxylation is 1. The Labute approximate surface area is 169 Å². The van der Waals surface area contributed by atoms with Crippen molar-refractivity contribution in [3.05, 3.63) is 41.7 Å². The molecule has 1 aromatic heterocycles. The van der Waals surface area contributed by atoms with Gasteiger partial charge in [0, 0.05) is 25.3 Å². The number of hydrogen-bond acceptors (Lipinski definition) is 6. The van der Waals surface area contributed by atoms with Gasteiger partial charge >= 0.3 is 0 Å². The van der Waals surface area contributed by atoms with Crippen LogP contribution >= 0.6 is 0 Å². The summed E-state index contributed by atoms with van der Waals surface area (Å²) in [5.41, 5.74) is 1.43. The largest absolute Gasteiger partial charge is 0.310 e. The minimum Gasteiger partial charge on any atom is -0.310 e. The number of sulfonamides is 1. The van der Waals surface area contributed by atoms with Gasteiger partial charge in [0.2, 0.25) is 16.0 Å². The fraction of sp³-hybridized carbons (Fsp3) is 0.421. The first-order valence-electron chi connectivity index (χ1n) is 9.56. The molecule has 0 saturated heterocycles. The minimum atomic E-state index is -3.69. The third-order valence-electron chi connectivity index (χ3n) is 5.57. The van der Waals surface area contributed by atoms with E-state index in [9.17, 15) is 13.2 Å². The number of benzene rings is 1. The molecule has 152 valence electrons. The van der Waals surface area contributed by atoms with Gasteiger partial charge in [-0.25, -0.2) is 13.1 Å². The standard InChI is InChI=1S/C19H22N6O3S/c1-19(6-7-19)22-29(27,28)14-3-4-16-15(11-14)17(26)25(18-20-8-10-24(16)18)12-13-5-9-23(2)21-13/h3-5,9,11,22H,6-8,10,12H2,1-2H3. The molecule has 3 heterocycles. The van der Waals surface area contributed by atoms with Gasteiger partial charge in [0.15, 0.2) is 0 Å². The van der Waals surface area contributed by atoms with Gasteiger partial charge in [0.1, 0.15) is 0 Å². The van der Waals surface area contributed by atoms with Crippen LogP contribution in [0, 0.1) is 0 Å². The second-order valence-electron chi connectivity index (χ2n) is 8.05. The lowest BCUT2D eigenvalue weighted by Crippen LogP contribution is -2.49. The average molecular weight is 414 g/mol. The third kappa shape index (κ3) is 3.12. The molecule has 1 aromatic carbocycles. The maximum Gasteiger partial charge on any atom is 0.263 e. The van der Waals surface area contributed by atoms with E-state index in [4.69, 9.17) is 0 Å². The predicted octanol–water partition coefficient (Wildman–Crippen LogP) is 1.08. The van der Waals surface area contributed by atoms with Gasteiger partial charge in [0.25, 0.3) is 5.91 Å². The molecule has 1 amide bonds. The Morgan fingerprint density at radius 3 is 2.72 bits per heavy atom. The smallest absolute Gasteiger partial charge is 0.263 e. The summed E-state index contributed by atoms with van der Waals surface area (Å²) in [5.74, 6) is 0.324. The Balaban J connectivity index is 1.53. The molecule has 0 bridgehead atoms. The van der Waals surface area contributed by atoms with Crippen LogP contribution in [0.5, 0.6) is 0 Å². The van der Waals surface area contributed by atoms with Crippen molar-refractivity contribution in [2.45, 2.75) is 36.7 Å². The molecule has 10 heteroatoms. The van der Waals surface area contributed by atoms with E-state index in [1.54, 1.807) is 21.7 Å². The van der Waals surface area contributed by atoms with E-state index < -0.39 is 10.0 Å². The lowest BCUT2D eigenvalue weighted by atomic mass is 10.1. The Morgan fingerprint density at radius 2 is 2.03 bits per heavy atom. The van der Waals surface area contributed by atoms with E-state index in [2.05, 4.69) is 14.8 Å². The molecular weight excluding hydrogens is 392 g/mol. The van der Waals surface area contributed by atoms with Crippen molar-refractivity contribution < 1.29 is 13.2 Å². The lowest BCUT2D eigenvalue weighted by Gasteiger charge is -2.35. The molecule has 1 fully saturated rings. The molecule has 2 aromatic rings. The molecule has 1 N–H and O–H groups in total. The Hall–Kier alpha value is -2.72. The molecule has 9 nitrogen and oxygen atoms in total. The number of hydrogen-bond donors (Lipinski definition) is 1. The summed E-state index contributed by atoms with van der Waals surface area (Å²) in [6.45, 7) is 3.40. The number of aromatic nitrogens is 2. The number of guanidine groups is 1. The Bertz CT molecular complexity index is 1150. The molecule has 29 heavy (non-hydrogen) atoms. The number of anilines is 1. The van der Waals surface area contributed by atoms with Crippen LogP contribution in [0.3, 0.4) is 0 Å². The minimum absolute atomic E-state index is 0.107. The van der Waals surface area contributed by atoms with Gasteiger partial charge in [-0.1, -0.05) is 0 Å². The number of amides is 1. The van der Waals surface area contributed by atoms with Gasteiger partial charge in [-0.2, -0.15) is 5.10 Å². The van der Waals surface area contributed by atoms with Crippen LogP contribution in [0.15, 0.2) is 40.4 Å². The average Bonchev–Trinajstić information content (AvgIpc) is 3.07. The molecule has 1 saturated carbocycles. The Kier molecular flexibility index (Phi) is 3.88. The highest BCUT2D eigenvalue weighted by atomic mass is 32.2. The molecule has 3 aliphatic rings. The van der Waals surface area contributed by atoms with Gasteiger partial charge in [0.05, 0.1) is 34.9 Å². The number of nitrogens with zero attached hydrogens (tertiary/aromatic N) is 5. The zero-order valence-corrected chi connectivity index (χ0v) is 17.1. The van der Waals surface area contributed by atoms with Crippen LogP contribution in [0.1, 0.15) is 35.8 Å². The van der Waals surface area contributed by atoms with Gasteiger partial charge in [-0.05, 0) is 44.0 Å². The number of aliphatic imine (C=N–C) groups is 1. The van der Waals surface area contributed by atoms with Crippen molar-refractivity contribution in [1.29, 1.82) is 0 Å². The van der Waals surface area contributed by atoms with Crippen LogP contribution in [-0.2, 0) is 23.6 Å². The van der Waals surface area contributed by atoms with Crippen molar-refractivity contribution in [3.8, 4) is 0 Å². The predicted molar refractivity (Wildman–Crippen MR) is 107 cm³/mol. The summed E-state index contributed by atoms with van der Waals surface area (Å²) in [6.07, 6.45) is 3.46. The van der Waals surface area contributed by atoms with Crippen molar-refractivity contribution in [2.75, 3.05) is 18.0 Å². The van der Waals surface area contributed by atoms with E-state index in [0.29, 0.717) is 30.3 Å². The summed E-state index contributed by atoms with van der Waals surface area (Å²) in [5, 5.41) is 4.36. The van der Waals surface area contributed by atoms with Crippen molar-refractivity contribution in [3.63, 3.8) is 0 Å². The quantitative estimate of drug-likeness (QED) is 0.789. The molecule has 0 radical (unpaired) electrons. The van der Waals surface area contributed by atoms with Crippen LogP contribution in [0.25, 0.3) is 0 Å². The number of nitrogens with one attached hydrogen (secondary N) is 1. The van der Waals surface area contributed by atoms with Crippen molar-refractivity contribution >= 4 is 27.6 Å². The van der Waals surface area contributed by atoms with Gasteiger partial charge in [-0.3, -0.25) is 19.4 Å². The maximum absolute atomic E-state index is 13.3. The molecule has 5 rings (SSSR count). The summed E-state index contributed by atoms with van der Waals surface area (Å²) in [6, 6.07) is 6.59. The molecule has 0 unspecified atom stereocenters. The normalized spacial score (nSPS) is 19.8. The first kappa shape index (κ1) is 18.3. The SMILES string of the molecule is Cn1ccc(CN2C(=O)c3cc(S(=O)(=O)NC4(C)CC4)ccc3N3CCN=C23)n1. The zero-order valence-electron chi connectivity index (χ0n) is 16.3. The summed E-state index contributed by atoms with van der Waals surface area (Å²) in [7, 11) is -1.87. The molecule has 0 atom stereocenters. The van der Waals surface area contributed by atoms with E-state index in [1.807, 2.05) is 31.1 Å². The molecular formula is C19H22N6O3S. The number of fused-ring (bicyclic) bond motifs is 3. The molecule has 2 aliphatic heterocycles. The van der Waals surface area contributed by atoms with E-state index in [1.165, 1.54) is 6.07 Å². The van der Waals surface area contributed by atoms with E-state index in [0.717, 1.165) is 18.5 Å².